The molecule has 0 spiro atoms. The molecule has 13 heavy (non-hydrogen) atoms. The first-order valence-corrected chi connectivity index (χ1v) is 4.52. The van der Waals surface area contributed by atoms with Crippen LogP contribution in [0.2, 0.25) is 0 Å². The number of rotatable bonds is 0. The fourth-order valence-electron chi connectivity index (χ4n) is 1.72. The molecule has 1 N–H and O–H groups in total. The fraction of sp³-hybridized carbons (Fsp3) is 0.455. The maximum Gasteiger partial charge on any atom is 0.127 e. The first-order valence-electron chi connectivity index (χ1n) is 4.52. The lowest BCUT2D eigenvalue weighted by Crippen LogP contribution is -2.28. The molecule has 1 aromatic rings. The van der Waals surface area contributed by atoms with Gasteiger partial charge in [0.1, 0.15) is 17.1 Å². The van der Waals surface area contributed by atoms with Crippen molar-refractivity contribution in [3.8, 4) is 11.5 Å². The number of fused-ring (bicyclic) bond motifs is 1. The van der Waals surface area contributed by atoms with Crippen molar-refractivity contribution in [3.63, 3.8) is 0 Å². The molecule has 1 heterocycles. The number of aromatic hydroxyl groups is 1. The summed E-state index contributed by atoms with van der Waals surface area (Å²) in [5.74, 6) is 1.46. The van der Waals surface area contributed by atoms with E-state index in [1.54, 1.807) is 12.1 Å². The van der Waals surface area contributed by atoms with Crippen LogP contribution < -0.4 is 4.74 Å². The summed E-state index contributed by atoms with van der Waals surface area (Å²) in [6.07, 6.45) is 0. The van der Waals surface area contributed by atoms with E-state index in [1.807, 2.05) is 6.07 Å². The average molecular weight is 178 g/mol. The van der Waals surface area contributed by atoms with Crippen molar-refractivity contribution in [2.24, 2.45) is 0 Å². The third-order valence-corrected chi connectivity index (χ3v) is 2.88. The van der Waals surface area contributed by atoms with Crippen molar-refractivity contribution in [2.45, 2.75) is 32.3 Å². The molecule has 0 bridgehead atoms. The van der Waals surface area contributed by atoms with Crippen LogP contribution in [0.4, 0.5) is 0 Å². The van der Waals surface area contributed by atoms with Gasteiger partial charge in [-0.3, -0.25) is 0 Å². The molecular formula is C11H14O2. The van der Waals surface area contributed by atoms with Gasteiger partial charge in [0.05, 0.1) is 0 Å². The molecule has 2 heteroatoms. The maximum absolute atomic E-state index is 9.27. The maximum atomic E-state index is 9.27. The molecule has 0 radical (unpaired) electrons. The summed E-state index contributed by atoms with van der Waals surface area (Å²) in [6.45, 7) is 6.27. The average Bonchev–Trinajstić information content (AvgIpc) is 2.22. The molecule has 1 atom stereocenters. The molecule has 0 amide bonds. The van der Waals surface area contributed by atoms with Crippen LogP contribution in [0.5, 0.6) is 11.5 Å². The highest BCUT2D eigenvalue weighted by Gasteiger charge is 2.37. The highest BCUT2D eigenvalue weighted by Crippen LogP contribution is 2.45. The van der Waals surface area contributed by atoms with E-state index in [9.17, 15) is 5.11 Å². The van der Waals surface area contributed by atoms with E-state index in [4.69, 9.17) is 4.74 Å². The van der Waals surface area contributed by atoms with Gasteiger partial charge >= 0.3 is 0 Å². The van der Waals surface area contributed by atoms with Gasteiger partial charge in [0.15, 0.2) is 0 Å². The van der Waals surface area contributed by atoms with Gasteiger partial charge in [-0.05, 0) is 19.9 Å². The zero-order valence-electron chi connectivity index (χ0n) is 8.16. The number of benzene rings is 1. The van der Waals surface area contributed by atoms with Gasteiger partial charge in [-0.25, -0.2) is 0 Å². The highest BCUT2D eigenvalue weighted by atomic mass is 16.5. The van der Waals surface area contributed by atoms with Crippen molar-refractivity contribution in [3.05, 3.63) is 23.8 Å². The van der Waals surface area contributed by atoms with Crippen LogP contribution in [-0.2, 0) is 0 Å². The lowest BCUT2D eigenvalue weighted by molar-refractivity contribution is 0.115. The van der Waals surface area contributed by atoms with Crippen molar-refractivity contribution >= 4 is 0 Å². The summed E-state index contributed by atoms with van der Waals surface area (Å²) in [7, 11) is 0. The summed E-state index contributed by atoms with van der Waals surface area (Å²) < 4.78 is 5.73. The number of hydrogen-bond donors (Lipinski definition) is 1. The molecule has 0 fully saturated rings. The minimum atomic E-state index is -0.157. The van der Waals surface area contributed by atoms with Crippen molar-refractivity contribution in [1.82, 2.24) is 0 Å². The van der Waals surface area contributed by atoms with Crippen LogP contribution in [0, 0.1) is 0 Å². The first kappa shape index (κ1) is 8.42. The van der Waals surface area contributed by atoms with Crippen molar-refractivity contribution in [2.75, 3.05) is 0 Å². The molecule has 0 saturated carbocycles. The third-order valence-electron chi connectivity index (χ3n) is 2.88. The summed E-state index contributed by atoms with van der Waals surface area (Å²) in [5.41, 5.74) is 1.03. The molecule has 70 valence electrons. The largest absolute Gasteiger partial charge is 0.508 e. The summed E-state index contributed by atoms with van der Waals surface area (Å²) >= 11 is 0. The van der Waals surface area contributed by atoms with Gasteiger partial charge in [0, 0.05) is 17.5 Å². The van der Waals surface area contributed by atoms with Crippen LogP contribution in [-0.4, -0.2) is 10.7 Å². The smallest absolute Gasteiger partial charge is 0.127 e. The predicted molar refractivity (Wildman–Crippen MR) is 51.2 cm³/mol. The number of hydrogen-bond acceptors (Lipinski definition) is 2. The van der Waals surface area contributed by atoms with Crippen LogP contribution in [0.15, 0.2) is 18.2 Å². The Balaban J connectivity index is 2.50. The molecule has 0 aromatic heterocycles. The Hall–Kier alpha value is -1.18. The lowest BCUT2D eigenvalue weighted by atomic mass is 9.89. The number of phenolic OH excluding ortho intramolecular Hbond substituents is 1. The van der Waals surface area contributed by atoms with E-state index >= 15 is 0 Å². The number of phenols is 1. The van der Waals surface area contributed by atoms with Gasteiger partial charge < -0.3 is 9.84 Å². The molecule has 1 aliphatic heterocycles. The predicted octanol–water partition coefficient (Wildman–Crippen LogP) is 2.67. The van der Waals surface area contributed by atoms with Crippen LogP contribution >= 0.6 is 0 Å². The topological polar surface area (TPSA) is 29.5 Å². The Kier molecular flexibility index (Phi) is 1.56. The normalized spacial score (nSPS) is 23.8. The van der Waals surface area contributed by atoms with E-state index in [1.165, 1.54) is 5.56 Å². The Bertz CT molecular complexity index is 342. The quantitative estimate of drug-likeness (QED) is 0.661. The standard InChI is InChI=1S/C11H14O2/c1-7-9-5-4-8(12)6-10(9)13-11(7,2)3/h4-7,12H,1-3H3/t7-/m0/s1. The minimum Gasteiger partial charge on any atom is -0.508 e. The van der Waals surface area contributed by atoms with Gasteiger partial charge in [-0.2, -0.15) is 0 Å². The van der Waals surface area contributed by atoms with Gasteiger partial charge in [-0.1, -0.05) is 13.0 Å². The Labute approximate surface area is 78.2 Å². The third kappa shape index (κ3) is 1.17. The van der Waals surface area contributed by atoms with E-state index in [0.29, 0.717) is 5.92 Å². The number of ether oxygens (including phenoxy) is 1. The van der Waals surface area contributed by atoms with Gasteiger partial charge in [0.25, 0.3) is 0 Å². The van der Waals surface area contributed by atoms with Crippen molar-refractivity contribution in [1.29, 1.82) is 0 Å². The van der Waals surface area contributed by atoms with Gasteiger partial charge in [-0.15, -0.1) is 0 Å². The van der Waals surface area contributed by atoms with Crippen LogP contribution in [0.1, 0.15) is 32.3 Å². The molecule has 2 nitrogen and oxygen atoms in total. The summed E-state index contributed by atoms with van der Waals surface area (Å²) in [6, 6.07) is 5.32. The molecule has 0 unspecified atom stereocenters. The lowest BCUT2D eigenvalue weighted by Gasteiger charge is -2.22. The monoisotopic (exact) mass is 178 g/mol. The second-order valence-corrected chi connectivity index (χ2v) is 4.15. The molecular weight excluding hydrogens is 164 g/mol. The molecule has 1 aromatic carbocycles. The molecule has 0 saturated heterocycles. The molecule has 0 aliphatic carbocycles. The molecule has 1 aliphatic rings. The SMILES string of the molecule is C[C@H]1c2ccc(O)cc2OC1(C)C. The Morgan fingerprint density at radius 3 is 2.77 bits per heavy atom. The van der Waals surface area contributed by atoms with Gasteiger partial charge in [0.2, 0.25) is 0 Å². The Morgan fingerprint density at radius 2 is 2.08 bits per heavy atom. The zero-order valence-corrected chi connectivity index (χ0v) is 8.16. The van der Waals surface area contributed by atoms with Crippen molar-refractivity contribution < 1.29 is 9.84 Å². The van der Waals surface area contributed by atoms with E-state index < -0.39 is 0 Å². The highest BCUT2D eigenvalue weighted by molar-refractivity contribution is 5.46. The Morgan fingerprint density at radius 1 is 1.38 bits per heavy atom. The summed E-state index contributed by atoms with van der Waals surface area (Å²) in [4.78, 5) is 0. The minimum absolute atomic E-state index is 0.157. The van der Waals surface area contributed by atoms with E-state index in [2.05, 4.69) is 20.8 Å². The van der Waals surface area contributed by atoms with Crippen LogP contribution in [0.25, 0.3) is 0 Å². The van der Waals surface area contributed by atoms with E-state index in [-0.39, 0.29) is 11.4 Å². The second-order valence-electron chi connectivity index (χ2n) is 4.15. The summed E-state index contributed by atoms with van der Waals surface area (Å²) in [5, 5.41) is 9.27. The van der Waals surface area contributed by atoms with E-state index in [0.717, 1.165) is 5.75 Å². The first-order chi connectivity index (χ1) is 6.00. The second kappa shape index (κ2) is 2.41. The molecule has 2 rings (SSSR count). The zero-order chi connectivity index (χ0) is 9.64. The fourth-order valence-corrected chi connectivity index (χ4v) is 1.72. The van der Waals surface area contributed by atoms with Crippen LogP contribution in [0.3, 0.4) is 0 Å².